The van der Waals surface area contributed by atoms with Gasteiger partial charge in [0.2, 0.25) is 0 Å². The normalized spacial score (nSPS) is 14.2. The number of hydrogen-bond acceptors (Lipinski definition) is 1. The second kappa shape index (κ2) is 4.85. The maximum Gasteiger partial charge on any atom is 0.122 e. The molecule has 0 heterocycles. The van der Waals surface area contributed by atoms with Crippen LogP contribution in [0.1, 0.15) is 30.5 Å². The Balaban J connectivity index is 2.61. The van der Waals surface area contributed by atoms with Crippen LogP contribution in [0, 0.1) is 6.92 Å². The third-order valence-electron chi connectivity index (χ3n) is 3.59. The van der Waals surface area contributed by atoms with E-state index in [2.05, 4.69) is 51.6 Å². The molecule has 0 radical (unpaired) electrons. The van der Waals surface area contributed by atoms with Crippen LogP contribution in [0.15, 0.2) is 42.0 Å². The Morgan fingerprint density at radius 2 is 2.11 bits per heavy atom. The summed E-state index contributed by atoms with van der Waals surface area (Å²) in [5.41, 5.74) is 7.75. The summed E-state index contributed by atoms with van der Waals surface area (Å²) in [6.45, 7) is 10.4. The minimum atomic E-state index is 0.966. The van der Waals surface area contributed by atoms with Crippen molar-refractivity contribution in [3.8, 4) is 5.75 Å². The summed E-state index contributed by atoms with van der Waals surface area (Å²) >= 11 is 0. The predicted molar refractivity (Wildman–Crippen MR) is 78.0 cm³/mol. The van der Waals surface area contributed by atoms with Gasteiger partial charge in [-0.25, -0.2) is 0 Å². The maximum absolute atomic E-state index is 5.40. The average molecular weight is 240 g/mol. The lowest BCUT2D eigenvalue weighted by Gasteiger charge is -2.10. The van der Waals surface area contributed by atoms with Gasteiger partial charge in [-0.15, -0.1) is 0 Å². The zero-order valence-electron chi connectivity index (χ0n) is 11.6. The minimum Gasteiger partial charge on any atom is -0.496 e. The van der Waals surface area contributed by atoms with E-state index in [0.29, 0.717) is 0 Å². The molecule has 0 bridgehead atoms. The van der Waals surface area contributed by atoms with Gasteiger partial charge in [0.15, 0.2) is 0 Å². The van der Waals surface area contributed by atoms with E-state index < -0.39 is 0 Å². The van der Waals surface area contributed by atoms with Crippen LogP contribution in [0.2, 0.25) is 0 Å². The van der Waals surface area contributed by atoms with Crippen molar-refractivity contribution < 1.29 is 4.74 Å². The van der Waals surface area contributed by atoms with E-state index in [9.17, 15) is 0 Å². The summed E-state index contributed by atoms with van der Waals surface area (Å²) in [6.07, 6.45) is 5.24. The molecule has 0 amide bonds. The van der Waals surface area contributed by atoms with Crippen LogP contribution in [0.4, 0.5) is 0 Å². The molecule has 1 aliphatic carbocycles. The summed E-state index contributed by atoms with van der Waals surface area (Å²) < 4.78 is 5.40. The van der Waals surface area contributed by atoms with Crippen LogP contribution in [-0.2, 0) is 6.42 Å². The smallest absolute Gasteiger partial charge is 0.122 e. The lowest BCUT2D eigenvalue weighted by atomic mass is 10.00. The highest BCUT2D eigenvalue weighted by Gasteiger charge is 2.23. The molecule has 0 atom stereocenters. The van der Waals surface area contributed by atoms with Gasteiger partial charge in [-0.05, 0) is 61.1 Å². The molecule has 0 spiro atoms. The monoisotopic (exact) mass is 240 g/mol. The highest BCUT2D eigenvalue weighted by atomic mass is 16.5. The van der Waals surface area contributed by atoms with Gasteiger partial charge < -0.3 is 4.74 Å². The van der Waals surface area contributed by atoms with E-state index in [-0.39, 0.29) is 0 Å². The molecule has 0 fully saturated rings. The first-order chi connectivity index (χ1) is 8.60. The molecule has 94 valence electrons. The van der Waals surface area contributed by atoms with Crippen LogP contribution in [-0.4, -0.2) is 7.11 Å². The fourth-order valence-corrected chi connectivity index (χ4v) is 2.61. The molecule has 1 aromatic rings. The van der Waals surface area contributed by atoms with Crippen molar-refractivity contribution in [1.82, 2.24) is 0 Å². The van der Waals surface area contributed by atoms with E-state index in [1.807, 2.05) is 0 Å². The van der Waals surface area contributed by atoms with Gasteiger partial charge in [0.05, 0.1) is 7.11 Å². The standard InChI is InChI=1S/C17H20O/c1-6-7-13-14-8-9-17(18-5)12(4)16(14)10-15(13)11(2)3/h6-9H,2,10H2,1,3-5H3/b7-6-. The molecule has 0 aromatic heterocycles. The van der Waals surface area contributed by atoms with Gasteiger partial charge in [0.25, 0.3) is 0 Å². The molecule has 18 heavy (non-hydrogen) atoms. The van der Waals surface area contributed by atoms with Gasteiger partial charge in [-0.2, -0.15) is 0 Å². The Morgan fingerprint density at radius 1 is 1.39 bits per heavy atom. The van der Waals surface area contributed by atoms with Gasteiger partial charge in [0.1, 0.15) is 5.75 Å². The van der Waals surface area contributed by atoms with Crippen molar-refractivity contribution in [2.45, 2.75) is 27.2 Å². The van der Waals surface area contributed by atoms with E-state index >= 15 is 0 Å². The van der Waals surface area contributed by atoms with Crippen molar-refractivity contribution in [2.24, 2.45) is 0 Å². The summed E-state index contributed by atoms with van der Waals surface area (Å²) in [5.74, 6) is 0.969. The number of methoxy groups -OCH3 is 1. The van der Waals surface area contributed by atoms with Crippen molar-refractivity contribution in [3.05, 3.63) is 58.7 Å². The fourth-order valence-electron chi connectivity index (χ4n) is 2.61. The van der Waals surface area contributed by atoms with Crippen molar-refractivity contribution >= 4 is 5.57 Å². The number of benzene rings is 1. The van der Waals surface area contributed by atoms with Crippen molar-refractivity contribution in [1.29, 1.82) is 0 Å². The Labute approximate surface area is 109 Å². The van der Waals surface area contributed by atoms with E-state index in [1.54, 1.807) is 7.11 Å². The van der Waals surface area contributed by atoms with Crippen molar-refractivity contribution in [2.75, 3.05) is 7.11 Å². The summed E-state index contributed by atoms with van der Waals surface area (Å²) in [4.78, 5) is 0. The molecule has 1 nitrogen and oxygen atoms in total. The van der Waals surface area contributed by atoms with Crippen LogP contribution in [0.5, 0.6) is 5.75 Å². The molecule has 0 aliphatic heterocycles. The lowest BCUT2D eigenvalue weighted by Crippen LogP contribution is -1.94. The number of allylic oxidation sites excluding steroid dienone is 5. The van der Waals surface area contributed by atoms with Crippen LogP contribution < -0.4 is 4.74 Å². The van der Waals surface area contributed by atoms with Gasteiger partial charge in [-0.3, -0.25) is 0 Å². The highest BCUT2D eigenvalue weighted by Crippen LogP contribution is 2.40. The van der Waals surface area contributed by atoms with Crippen molar-refractivity contribution in [3.63, 3.8) is 0 Å². The third kappa shape index (κ3) is 1.90. The number of fused-ring (bicyclic) bond motifs is 1. The first kappa shape index (κ1) is 12.7. The molecule has 1 aromatic carbocycles. The third-order valence-corrected chi connectivity index (χ3v) is 3.59. The quantitative estimate of drug-likeness (QED) is 0.757. The average Bonchev–Trinajstić information content (AvgIpc) is 2.70. The Hall–Kier alpha value is -1.76. The SMILES string of the molecule is C=C(C)C1=C(/C=C\C)c2ccc(OC)c(C)c2C1. The molecule has 0 unspecified atom stereocenters. The summed E-state index contributed by atoms with van der Waals surface area (Å²) in [7, 11) is 1.73. The first-order valence-corrected chi connectivity index (χ1v) is 6.28. The summed E-state index contributed by atoms with van der Waals surface area (Å²) in [5, 5.41) is 0. The second-order valence-corrected chi connectivity index (χ2v) is 4.77. The number of rotatable bonds is 3. The Bertz CT molecular complexity index is 559. The van der Waals surface area contributed by atoms with Gasteiger partial charge in [-0.1, -0.05) is 30.4 Å². The fraction of sp³-hybridized carbons (Fsp3) is 0.294. The minimum absolute atomic E-state index is 0.966. The lowest BCUT2D eigenvalue weighted by molar-refractivity contribution is 0.411. The largest absolute Gasteiger partial charge is 0.496 e. The summed E-state index contributed by atoms with van der Waals surface area (Å²) in [6, 6.07) is 4.21. The second-order valence-electron chi connectivity index (χ2n) is 4.77. The number of hydrogen-bond donors (Lipinski definition) is 0. The van der Waals surface area contributed by atoms with Crippen LogP contribution in [0.3, 0.4) is 0 Å². The first-order valence-electron chi connectivity index (χ1n) is 6.28. The zero-order valence-corrected chi connectivity index (χ0v) is 11.6. The molecule has 0 N–H and O–H groups in total. The topological polar surface area (TPSA) is 9.23 Å². The van der Waals surface area contributed by atoms with E-state index in [1.165, 1.54) is 27.8 Å². The van der Waals surface area contributed by atoms with E-state index in [4.69, 9.17) is 4.74 Å². The maximum atomic E-state index is 5.40. The highest BCUT2D eigenvalue weighted by molar-refractivity contribution is 5.86. The molecule has 1 aliphatic rings. The van der Waals surface area contributed by atoms with Gasteiger partial charge >= 0.3 is 0 Å². The Kier molecular flexibility index (Phi) is 3.42. The molecule has 2 rings (SSSR count). The molecule has 0 saturated heterocycles. The Morgan fingerprint density at radius 3 is 2.67 bits per heavy atom. The molecule has 0 saturated carbocycles. The van der Waals surface area contributed by atoms with Crippen LogP contribution >= 0.6 is 0 Å². The molecular formula is C17H20O. The molecular weight excluding hydrogens is 220 g/mol. The van der Waals surface area contributed by atoms with Crippen LogP contribution in [0.25, 0.3) is 5.57 Å². The van der Waals surface area contributed by atoms with E-state index in [0.717, 1.165) is 17.7 Å². The predicted octanol–water partition coefficient (Wildman–Crippen LogP) is 4.47. The number of ether oxygens (including phenoxy) is 1. The molecule has 1 heteroatoms. The van der Waals surface area contributed by atoms with Gasteiger partial charge in [0, 0.05) is 0 Å². The zero-order chi connectivity index (χ0) is 13.3.